The van der Waals surface area contributed by atoms with Crippen LogP contribution in [0.1, 0.15) is 13.8 Å². The van der Waals surface area contributed by atoms with Crippen LogP contribution < -0.4 is 10.5 Å². The topological polar surface area (TPSA) is 72.2 Å². The van der Waals surface area contributed by atoms with Crippen LogP contribution in [0.4, 0.5) is 0 Å². The van der Waals surface area contributed by atoms with Crippen LogP contribution in [0.25, 0.3) is 0 Å². The predicted molar refractivity (Wildman–Crippen MR) is 83.9 cm³/mol. The zero-order valence-electron chi connectivity index (χ0n) is 10.9. The van der Waals surface area contributed by atoms with Gasteiger partial charge in [0.2, 0.25) is 10.0 Å². The molecule has 0 radical (unpaired) electrons. The Balaban J connectivity index is 0.00000324. The Kier molecular flexibility index (Phi) is 7.16. The van der Waals surface area contributed by atoms with E-state index in [1.54, 1.807) is 19.9 Å². The SMILES string of the molecule is CSc1ccc(S(=O)(=O)NC(C)(C)CN)cc1Cl.Cl. The number of nitrogens with one attached hydrogen (secondary N) is 1. The van der Waals surface area contributed by atoms with E-state index >= 15 is 0 Å². The van der Waals surface area contributed by atoms with Gasteiger partial charge in [-0.05, 0) is 38.3 Å². The van der Waals surface area contributed by atoms with Gasteiger partial charge in [0.05, 0.1) is 9.92 Å². The van der Waals surface area contributed by atoms with Gasteiger partial charge < -0.3 is 5.73 Å². The maximum atomic E-state index is 12.1. The number of halogens is 2. The highest BCUT2D eigenvalue weighted by atomic mass is 35.5. The molecule has 19 heavy (non-hydrogen) atoms. The van der Waals surface area contributed by atoms with E-state index in [0.29, 0.717) is 5.02 Å². The van der Waals surface area contributed by atoms with Gasteiger partial charge >= 0.3 is 0 Å². The molecule has 0 atom stereocenters. The minimum Gasteiger partial charge on any atom is -0.329 e. The number of nitrogens with two attached hydrogens (primary N) is 1. The molecule has 1 aromatic rings. The summed E-state index contributed by atoms with van der Waals surface area (Å²) in [4.78, 5) is 0.987. The first kappa shape index (κ1) is 19.0. The first-order valence-corrected chi connectivity index (χ1v) is 8.38. The average Bonchev–Trinajstić information content (AvgIpc) is 2.27. The summed E-state index contributed by atoms with van der Waals surface area (Å²) in [5.74, 6) is 0. The van der Waals surface area contributed by atoms with Gasteiger partial charge in [-0.25, -0.2) is 13.1 Å². The van der Waals surface area contributed by atoms with Gasteiger partial charge in [0, 0.05) is 17.0 Å². The van der Waals surface area contributed by atoms with Crippen LogP contribution in [0.5, 0.6) is 0 Å². The Morgan fingerprint density at radius 3 is 2.42 bits per heavy atom. The highest BCUT2D eigenvalue weighted by Crippen LogP contribution is 2.27. The zero-order chi connectivity index (χ0) is 14.0. The van der Waals surface area contributed by atoms with Crippen molar-refractivity contribution in [2.45, 2.75) is 29.2 Å². The number of sulfonamides is 1. The summed E-state index contributed by atoms with van der Waals surface area (Å²) in [6.07, 6.45) is 1.88. The Morgan fingerprint density at radius 1 is 1.42 bits per heavy atom. The average molecular weight is 345 g/mol. The van der Waals surface area contributed by atoms with Crippen molar-refractivity contribution in [2.24, 2.45) is 5.73 Å². The van der Waals surface area contributed by atoms with Gasteiger partial charge in [-0.3, -0.25) is 0 Å². The number of benzene rings is 1. The summed E-state index contributed by atoms with van der Waals surface area (Å²) in [5.41, 5.74) is 4.82. The van der Waals surface area contributed by atoms with E-state index in [1.165, 1.54) is 23.9 Å². The van der Waals surface area contributed by atoms with E-state index in [2.05, 4.69) is 4.72 Å². The standard InChI is InChI=1S/C11H17ClN2O2S2.ClH/c1-11(2,7-13)14-18(15,16)8-4-5-10(17-3)9(12)6-8;/h4-6,14H,7,13H2,1-3H3;1H. The molecule has 4 nitrogen and oxygen atoms in total. The van der Waals surface area contributed by atoms with Crippen LogP contribution >= 0.6 is 35.8 Å². The summed E-state index contributed by atoms with van der Waals surface area (Å²) in [5, 5.41) is 0.427. The molecule has 0 fully saturated rings. The summed E-state index contributed by atoms with van der Waals surface area (Å²) < 4.78 is 26.8. The minimum absolute atomic E-state index is 0. The smallest absolute Gasteiger partial charge is 0.241 e. The van der Waals surface area contributed by atoms with Gasteiger partial charge in [-0.15, -0.1) is 24.2 Å². The molecule has 1 rings (SSSR count). The summed E-state index contributed by atoms with van der Waals surface area (Å²) in [7, 11) is -3.60. The predicted octanol–water partition coefficient (Wildman–Crippen LogP) is 2.50. The Bertz CT molecular complexity index is 533. The third kappa shape index (κ3) is 5.13. The van der Waals surface area contributed by atoms with E-state index in [9.17, 15) is 8.42 Å². The zero-order valence-corrected chi connectivity index (χ0v) is 14.1. The van der Waals surface area contributed by atoms with Crippen molar-refractivity contribution in [1.82, 2.24) is 4.72 Å². The van der Waals surface area contributed by atoms with Gasteiger partial charge in [0.1, 0.15) is 0 Å². The number of rotatable bonds is 5. The van der Waals surface area contributed by atoms with Gasteiger partial charge in [0.15, 0.2) is 0 Å². The molecular weight excluding hydrogens is 327 g/mol. The lowest BCUT2D eigenvalue weighted by molar-refractivity contribution is 0.462. The van der Waals surface area contributed by atoms with Crippen LogP contribution in [0.2, 0.25) is 5.02 Å². The van der Waals surface area contributed by atoms with Gasteiger partial charge in [0.25, 0.3) is 0 Å². The van der Waals surface area contributed by atoms with Crippen LogP contribution in [0.15, 0.2) is 28.0 Å². The van der Waals surface area contributed by atoms with Crippen molar-refractivity contribution in [3.8, 4) is 0 Å². The molecule has 0 aliphatic rings. The Hall–Kier alpha value is 0.0200. The monoisotopic (exact) mass is 344 g/mol. The largest absolute Gasteiger partial charge is 0.329 e. The first-order chi connectivity index (χ1) is 8.22. The molecule has 0 heterocycles. The van der Waals surface area contributed by atoms with Crippen LogP contribution in [-0.2, 0) is 10.0 Å². The molecule has 0 saturated carbocycles. The molecule has 0 aliphatic heterocycles. The highest BCUT2D eigenvalue weighted by molar-refractivity contribution is 7.98. The molecule has 0 bridgehead atoms. The van der Waals surface area contributed by atoms with E-state index in [1.807, 2.05) is 6.26 Å². The van der Waals surface area contributed by atoms with Crippen LogP contribution in [0.3, 0.4) is 0 Å². The van der Waals surface area contributed by atoms with Crippen molar-refractivity contribution >= 4 is 45.8 Å². The molecule has 8 heteroatoms. The lowest BCUT2D eigenvalue weighted by atomic mass is 10.1. The molecular formula is C11H18Cl2N2O2S2. The van der Waals surface area contributed by atoms with E-state index in [-0.39, 0.29) is 23.8 Å². The molecule has 0 aliphatic carbocycles. The fourth-order valence-electron chi connectivity index (χ4n) is 1.28. The second-order valence-corrected chi connectivity index (χ2v) is 7.43. The van der Waals surface area contributed by atoms with E-state index < -0.39 is 15.6 Å². The maximum Gasteiger partial charge on any atom is 0.241 e. The van der Waals surface area contributed by atoms with Crippen molar-refractivity contribution in [2.75, 3.05) is 12.8 Å². The van der Waals surface area contributed by atoms with Crippen molar-refractivity contribution < 1.29 is 8.42 Å². The second kappa shape index (κ2) is 7.15. The molecule has 0 aromatic heterocycles. The second-order valence-electron chi connectivity index (χ2n) is 4.49. The molecule has 0 spiro atoms. The van der Waals surface area contributed by atoms with E-state index in [4.69, 9.17) is 17.3 Å². The number of hydrogen-bond donors (Lipinski definition) is 2. The number of thioether (sulfide) groups is 1. The summed E-state index contributed by atoms with van der Waals surface area (Å²) in [6, 6.07) is 4.67. The summed E-state index contributed by atoms with van der Waals surface area (Å²) >= 11 is 7.47. The van der Waals surface area contributed by atoms with Crippen molar-refractivity contribution in [3.63, 3.8) is 0 Å². The quantitative estimate of drug-likeness (QED) is 0.805. The Labute approximate surface area is 129 Å². The molecule has 110 valence electrons. The van der Waals surface area contributed by atoms with Crippen LogP contribution in [0, 0.1) is 0 Å². The lowest BCUT2D eigenvalue weighted by Gasteiger charge is -2.24. The molecule has 0 saturated heterocycles. The molecule has 0 unspecified atom stereocenters. The normalized spacial score (nSPS) is 12.1. The number of hydrogen-bond acceptors (Lipinski definition) is 4. The maximum absolute atomic E-state index is 12.1. The molecule has 0 amide bonds. The van der Waals surface area contributed by atoms with Gasteiger partial charge in [-0.1, -0.05) is 11.6 Å². The Morgan fingerprint density at radius 2 is 2.00 bits per heavy atom. The fourth-order valence-corrected chi connectivity index (χ4v) is 3.66. The van der Waals surface area contributed by atoms with Crippen LogP contribution in [-0.4, -0.2) is 26.8 Å². The molecule has 1 aromatic carbocycles. The lowest BCUT2D eigenvalue weighted by Crippen LogP contribution is -2.48. The van der Waals surface area contributed by atoms with Crippen molar-refractivity contribution in [3.05, 3.63) is 23.2 Å². The van der Waals surface area contributed by atoms with Crippen molar-refractivity contribution in [1.29, 1.82) is 0 Å². The highest BCUT2D eigenvalue weighted by Gasteiger charge is 2.25. The summed E-state index contributed by atoms with van der Waals surface area (Å²) in [6.45, 7) is 3.66. The van der Waals surface area contributed by atoms with E-state index in [0.717, 1.165) is 4.90 Å². The third-order valence-electron chi connectivity index (χ3n) is 2.35. The minimum atomic E-state index is -3.60. The first-order valence-electron chi connectivity index (χ1n) is 5.29. The fraction of sp³-hybridized carbons (Fsp3) is 0.455. The molecule has 3 N–H and O–H groups in total. The van der Waals surface area contributed by atoms with Gasteiger partial charge in [-0.2, -0.15) is 0 Å². The third-order valence-corrected chi connectivity index (χ3v) is 5.27.